The van der Waals surface area contributed by atoms with E-state index in [4.69, 9.17) is 14.6 Å². The molecule has 2 N–H and O–H groups in total. The van der Waals surface area contributed by atoms with Crippen molar-refractivity contribution in [1.29, 1.82) is 0 Å². The number of hydrogen-bond donors (Lipinski definition) is 2. The minimum Gasteiger partial charge on any atom is -0.444 e. The topological polar surface area (TPSA) is 91.3 Å². The van der Waals surface area contributed by atoms with Crippen molar-refractivity contribution >= 4 is 12.5 Å². The Morgan fingerprint density at radius 2 is 2.09 bits per heavy atom. The first-order chi connectivity index (χ1) is 10.9. The SMILES string of the molecule is CC(C)(C)OC(=O)N1CCN(CCOCCO)C(CNC=O)C1. The zero-order valence-corrected chi connectivity index (χ0v) is 14.3. The van der Waals surface area contributed by atoms with Gasteiger partial charge in [0.15, 0.2) is 0 Å². The summed E-state index contributed by atoms with van der Waals surface area (Å²) in [6.45, 7) is 9.24. The lowest BCUT2D eigenvalue weighted by Crippen LogP contribution is -2.58. The van der Waals surface area contributed by atoms with Crippen LogP contribution in [0, 0.1) is 0 Å². The largest absolute Gasteiger partial charge is 0.444 e. The first-order valence-corrected chi connectivity index (χ1v) is 7.95. The fraction of sp³-hybridized carbons (Fsp3) is 0.867. The van der Waals surface area contributed by atoms with Crippen molar-refractivity contribution in [3.63, 3.8) is 0 Å². The van der Waals surface area contributed by atoms with Crippen molar-refractivity contribution in [1.82, 2.24) is 15.1 Å². The summed E-state index contributed by atoms with van der Waals surface area (Å²) in [5.74, 6) is 0. The van der Waals surface area contributed by atoms with E-state index in [1.807, 2.05) is 20.8 Å². The van der Waals surface area contributed by atoms with Gasteiger partial charge in [-0.15, -0.1) is 0 Å². The zero-order chi connectivity index (χ0) is 17.3. The maximum absolute atomic E-state index is 12.2. The Balaban J connectivity index is 2.54. The number of nitrogens with zero attached hydrogens (tertiary/aromatic N) is 2. The smallest absolute Gasteiger partial charge is 0.410 e. The lowest BCUT2D eigenvalue weighted by molar-refractivity contribution is -0.109. The van der Waals surface area contributed by atoms with Crippen LogP contribution in [0.25, 0.3) is 0 Å². The molecule has 0 spiro atoms. The van der Waals surface area contributed by atoms with E-state index in [0.29, 0.717) is 52.3 Å². The van der Waals surface area contributed by atoms with Crippen LogP contribution in [0.2, 0.25) is 0 Å². The highest BCUT2D eigenvalue weighted by Crippen LogP contribution is 2.14. The molecule has 0 radical (unpaired) electrons. The van der Waals surface area contributed by atoms with E-state index in [-0.39, 0.29) is 18.7 Å². The van der Waals surface area contributed by atoms with E-state index in [0.717, 1.165) is 0 Å². The number of aliphatic hydroxyl groups is 1. The fourth-order valence-electron chi connectivity index (χ4n) is 2.41. The molecule has 134 valence electrons. The average molecular weight is 331 g/mol. The van der Waals surface area contributed by atoms with Gasteiger partial charge in [-0.1, -0.05) is 0 Å². The summed E-state index contributed by atoms with van der Waals surface area (Å²) >= 11 is 0. The maximum atomic E-state index is 12.2. The van der Waals surface area contributed by atoms with Crippen LogP contribution in [-0.4, -0.2) is 91.6 Å². The third-order valence-electron chi connectivity index (χ3n) is 3.45. The molecular formula is C15H29N3O5. The van der Waals surface area contributed by atoms with Crippen LogP contribution in [0.1, 0.15) is 20.8 Å². The van der Waals surface area contributed by atoms with Crippen molar-refractivity contribution in [3.8, 4) is 0 Å². The summed E-state index contributed by atoms with van der Waals surface area (Å²) < 4.78 is 10.7. The lowest BCUT2D eigenvalue weighted by Gasteiger charge is -2.41. The van der Waals surface area contributed by atoms with Crippen LogP contribution in [0.15, 0.2) is 0 Å². The van der Waals surface area contributed by atoms with Crippen LogP contribution in [-0.2, 0) is 14.3 Å². The molecule has 2 amide bonds. The fourth-order valence-corrected chi connectivity index (χ4v) is 2.41. The molecule has 1 fully saturated rings. The number of carbonyl (C=O) groups is 2. The third-order valence-corrected chi connectivity index (χ3v) is 3.45. The molecule has 0 aromatic heterocycles. The van der Waals surface area contributed by atoms with Gasteiger partial charge in [-0.25, -0.2) is 4.79 Å². The molecule has 8 heteroatoms. The Morgan fingerprint density at radius 3 is 2.70 bits per heavy atom. The molecule has 0 aromatic rings. The zero-order valence-electron chi connectivity index (χ0n) is 14.3. The Kier molecular flexibility index (Phi) is 8.29. The van der Waals surface area contributed by atoms with Crippen LogP contribution >= 0.6 is 0 Å². The summed E-state index contributed by atoms with van der Waals surface area (Å²) in [6, 6.07) is 0.0131. The number of rotatable bonds is 8. The van der Waals surface area contributed by atoms with Gasteiger partial charge < -0.3 is 24.8 Å². The van der Waals surface area contributed by atoms with Crippen molar-refractivity contribution in [2.24, 2.45) is 0 Å². The van der Waals surface area contributed by atoms with Gasteiger partial charge >= 0.3 is 6.09 Å². The minimum absolute atomic E-state index is 0.00253. The molecule has 1 saturated heterocycles. The predicted molar refractivity (Wildman–Crippen MR) is 85.1 cm³/mol. The first-order valence-electron chi connectivity index (χ1n) is 7.95. The maximum Gasteiger partial charge on any atom is 0.410 e. The Bertz CT molecular complexity index is 373. The van der Waals surface area contributed by atoms with Gasteiger partial charge in [0, 0.05) is 38.8 Å². The standard InChI is InChI=1S/C15H29N3O5/c1-15(2,3)23-14(21)18-5-4-17(6-8-22-9-7-19)13(11-18)10-16-12-20/h12-13,19H,4-11H2,1-3H3,(H,16,20). The quantitative estimate of drug-likeness (QED) is 0.467. The highest BCUT2D eigenvalue weighted by molar-refractivity contribution is 5.68. The van der Waals surface area contributed by atoms with Crippen molar-refractivity contribution < 1.29 is 24.2 Å². The minimum atomic E-state index is -0.525. The molecule has 8 nitrogen and oxygen atoms in total. The molecule has 1 rings (SSSR count). The molecule has 1 atom stereocenters. The Morgan fingerprint density at radius 1 is 1.35 bits per heavy atom. The molecule has 23 heavy (non-hydrogen) atoms. The van der Waals surface area contributed by atoms with Gasteiger partial charge in [0.05, 0.1) is 19.8 Å². The van der Waals surface area contributed by atoms with Gasteiger partial charge in [0.1, 0.15) is 5.60 Å². The second-order valence-electron chi connectivity index (χ2n) is 6.48. The molecule has 1 aliphatic heterocycles. The van der Waals surface area contributed by atoms with Crippen molar-refractivity contribution in [2.75, 3.05) is 52.5 Å². The van der Waals surface area contributed by atoms with E-state index in [1.54, 1.807) is 4.90 Å². The number of amides is 2. The number of ether oxygens (including phenoxy) is 2. The first kappa shape index (κ1) is 19.7. The summed E-state index contributed by atoms with van der Waals surface area (Å²) in [4.78, 5) is 26.6. The van der Waals surface area contributed by atoms with E-state index in [1.165, 1.54) is 0 Å². The van der Waals surface area contributed by atoms with Crippen LogP contribution in [0.4, 0.5) is 4.79 Å². The summed E-state index contributed by atoms with van der Waals surface area (Å²) in [5, 5.41) is 11.4. The van der Waals surface area contributed by atoms with Gasteiger partial charge in [-0.3, -0.25) is 9.69 Å². The molecule has 1 heterocycles. The van der Waals surface area contributed by atoms with Crippen molar-refractivity contribution in [2.45, 2.75) is 32.4 Å². The Labute approximate surface area is 137 Å². The van der Waals surface area contributed by atoms with E-state index in [9.17, 15) is 9.59 Å². The van der Waals surface area contributed by atoms with Crippen LogP contribution in [0.5, 0.6) is 0 Å². The number of carbonyl (C=O) groups excluding carboxylic acids is 2. The highest BCUT2D eigenvalue weighted by Gasteiger charge is 2.31. The van der Waals surface area contributed by atoms with Gasteiger partial charge in [0.2, 0.25) is 6.41 Å². The third kappa shape index (κ3) is 7.62. The molecule has 0 saturated carbocycles. The van der Waals surface area contributed by atoms with Crippen LogP contribution in [0.3, 0.4) is 0 Å². The number of nitrogens with one attached hydrogen (secondary N) is 1. The van der Waals surface area contributed by atoms with Gasteiger partial charge in [-0.2, -0.15) is 0 Å². The molecule has 0 aliphatic carbocycles. The van der Waals surface area contributed by atoms with E-state index >= 15 is 0 Å². The second-order valence-corrected chi connectivity index (χ2v) is 6.48. The predicted octanol–water partition coefficient (Wildman–Crippen LogP) is -0.337. The molecule has 0 aromatic carbocycles. The molecule has 1 unspecified atom stereocenters. The number of aliphatic hydroxyl groups excluding tert-OH is 1. The molecule has 1 aliphatic rings. The van der Waals surface area contributed by atoms with Gasteiger partial charge in [-0.05, 0) is 20.8 Å². The van der Waals surface area contributed by atoms with E-state index < -0.39 is 5.60 Å². The summed E-state index contributed by atoms with van der Waals surface area (Å²) in [6.07, 6.45) is 0.331. The number of hydrogen-bond acceptors (Lipinski definition) is 6. The highest BCUT2D eigenvalue weighted by atomic mass is 16.6. The van der Waals surface area contributed by atoms with Crippen molar-refractivity contribution in [3.05, 3.63) is 0 Å². The second kappa shape index (κ2) is 9.69. The van der Waals surface area contributed by atoms with Gasteiger partial charge in [0.25, 0.3) is 0 Å². The molecule has 0 bridgehead atoms. The normalized spacial score (nSPS) is 19.5. The Hall–Kier alpha value is -1.38. The monoisotopic (exact) mass is 331 g/mol. The number of piperazine rings is 1. The molecular weight excluding hydrogens is 302 g/mol. The summed E-state index contributed by atoms with van der Waals surface area (Å²) in [7, 11) is 0. The summed E-state index contributed by atoms with van der Waals surface area (Å²) in [5.41, 5.74) is -0.525. The lowest BCUT2D eigenvalue weighted by atomic mass is 10.1. The average Bonchev–Trinajstić information content (AvgIpc) is 2.48. The van der Waals surface area contributed by atoms with Crippen LogP contribution < -0.4 is 5.32 Å². The van der Waals surface area contributed by atoms with E-state index in [2.05, 4.69) is 10.2 Å².